The van der Waals surface area contributed by atoms with E-state index in [2.05, 4.69) is 5.32 Å². The molecule has 0 fully saturated rings. The fourth-order valence-corrected chi connectivity index (χ4v) is 0.659. The normalized spacial score (nSPS) is 22.4. The molecule has 0 aliphatic heterocycles. The molecule has 0 aliphatic carbocycles. The second kappa shape index (κ2) is 3.46. The molecule has 5 N–H and O–H groups in total. The standard InChI is InChI=1S/C6H15NO4/c1-5(10,3-8)7-6(2,11)4-9/h7-11H,3-4H2,1-2H3. The fourth-order valence-electron chi connectivity index (χ4n) is 0.659. The van der Waals surface area contributed by atoms with E-state index in [9.17, 15) is 0 Å². The minimum atomic E-state index is -1.58. The summed E-state index contributed by atoms with van der Waals surface area (Å²) in [7, 11) is 0. The summed E-state index contributed by atoms with van der Waals surface area (Å²) in [5.74, 6) is 0. The lowest BCUT2D eigenvalue weighted by Gasteiger charge is -2.31. The third-order valence-electron chi connectivity index (χ3n) is 1.15. The van der Waals surface area contributed by atoms with Crippen molar-refractivity contribution < 1.29 is 20.4 Å². The lowest BCUT2D eigenvalue weighted by molar-refractivity contribution is -0.123. The van der Waals surface area contributed by atoms with Crippen LogP contribution in [-0.2, 0) is 0 Å². The van der Waals surface area contributed by atoms with Crippen LogP contribution in [0.25, 0.3) is 0 Å². The van der Waals surface area contributed by atoms with Gasteiger partial charge in [0.05, 0.1) is 13.2 Å². The van der Waals surface area contributed by atoms with E-state index >= 15 is 0 Å². The Morgan fingerprint density at radius 1 is 1.00 bits per heavy atom. The summed E-state index contributed by atoms with van der Waals surface area (Å²) in [5, 5.41) is 37.7. The SMILES string of the molecule is CC(O)(CO)NC(C)(O)CO. The van der Waals surface area contributed by atoms with Crippen LogP contribution in [0.1, 0.15) is 13.8 Å². The van der Waals surface area contributed by atoms with Crippen LogP contribution in [0.4, 0.5) is 0 Å². The van der Waals surface area contributed by atoms with Gasteiger partial charge in [-0.05, 0) is 13.8 Å². The van der Waals surface area contributed by atoms with Gasteiger partial charge in [0.1, 0.15) is 11.4 Å². The third kappa shape index (κ3) is 4.28. The Hall–Kier alpha value is -0.200. The van der Waals surface area contributed by atoms with E-state index in [0.717, 1.165) is 0 Å². The van der Waals surface area contributed by atoms with Crippen LogP contribution in [-0.4, -0.2) is 45.1 Å². The molecule has 0 amide bonds. The van der Waals surface area contributed by atoms with Crippen molar-refractivity contribution in [2.45, 2.75) is 25.3 Å². The van der Waals surface area contributed by atoms with Crippen molar-refractivity contribution in [3.8, 4) is 0 Å². The molecule has 0 heterocycles. The molecule has 5 nitrogen and oxygen atoms in total. The highest BCUT2D eigenvalue weighted by molar-refractivity contribution is 4.77. The molecule has 0 aromatic carbocycles. The van der Waals surface area contributed by atoms with Gasteiger partial charge in [0.15, 0.2) is 0 Å². The quantitative estimate of drug-likeness (QED) is 0.310. The molecular formula is C6H15NO4. The molecule has 0 saturated heterocycles. The summed E-state index contributed by atoms with van der Waals surface area (Å²) in [4.78, 5) is 0. The van der Waals surface area contributed by atoms with Crippen molar-refractivity contribution in [3.63, 3.8) is 0 Å². The maximum Gasteiger partial charge on any atom is 0.138 e. The second-order valence-corrected chi connectivity index (χ2v) is 2.99. The second-order valence-electron chi connectivity index (χ2n) is 2.99. The van der Waals surface area contributed by atoms with Crippen LogP contribution >= 0.6 is 0 Å². The average Bonchev–Trinajstić information content (AvgIpc) is 1.86. The maximum atomic E-state index is 9.16. The van der Waals surface area contributed by atoms with Crippen molar-refractivity contribution in [3.05, 3.63) is 0 Å². The highest BCUT2D eigenvalue weighted by Crippen LogP contribution is 2.04. The Bertz CT molecular complexity index is 110. The fraction of sp³-hybridized carbons (Fsp3) is 1.00. The molecule has 0 aliphatic rings. The number of nitrogens with one attached hydrogen (secondary N) is 1. The van der Waals surface area contributed by atoms with Crippen LogP contribution in [0.15, 0.2) is 0 Å². The van der Waals surface area contributed by atoms with Crippen LogP contribution in [0, 0.1) is 0 Å². The smallest absolute Gasteiger partial charge is 0.138 e. The predicted molar refractivity (Wildman–Crippen MR) is 38.6 cm³/mol. The van der Waals surface area contributed by atoms with E-state index in [4.69, 9.17) is 20.4 Å². The Morgan fingerprint density at radius 3 is 1.45 bits per heavy atom. The van der Waals surface area contributed by atoms with Crippen LogP contribution in [0.5, 0.6) is 0 Å². The molecule has 0 aromatic heterocycles. The zero-order valence-corrected chi connectivity index (χ0v) is 6.70. The van der Waals surface area contributed by atoms with Gasteiger partial charge in [0.25, 0.3) is 0 Å². The molecule has 0 radical (unpaired) electrons. The van der Waals surface area contributed by atoms with Crippen molar-refractivity contribution in [2.24, 2.45) is 0 Å². The van der Waals surface area contributed by atoms with Crippen molar-refractivity contribution in [1.82, 2.24) is 5.32 Å². The summed E-state index contributed by atoms with van der Waals surface area (Å²) in [6.45, 7) is 1.50. The monoisotopic (exact) mass is 165 g/mol. The van der Waals surface area contributed by atoms with Crippen LogP contribution < -0.4 is 5.32 Å². The van der Waals surface area contributed by atoms with E-state index in [1.807, 2.05) is 0 Å². The number of aliphatic hydroxyl groups is 4. The lowest BCUT2D eigenvalue weighted by Crippen LogP contribution is -2.58. The van der Waals surface area contributed by atoms with Gasteiger partial charge in [0.2, 0.25) is 0 Å². The molecule has 11 heavy (non-hydrogen) atoms. The van der Waals surface area contributed by atoms with Crippen LogP contribution in [0.2, 0.25) is 0 Å². The Labute approximate surface area is 65.3 Å². The van der Waals surface area contributed by atoms with E-state index in [-0.39, 0.29) is 0 Å². The predicted octanol–water partition coefficient (Wildman–Crippen LogP) is -2.02. The Morgan fingerprint density at radius 2 is 1.27 bits per heavy atom. The molecular weight excluding hydrogens is 150 g/mol. The molecule has 0 spiro atoms. The van der Waals surface area contributed by atoms with Crippen molar-refractivity contribution >= 4 is 0 Å². The van der Waals surface area contributed by atoms with Gasteiger partial charge in [-0.25, -0.2) is 0 Å². The summed E-state index contributed by atoms with van der Waals surface area (Å²) in [6, 6.07) is 0. The lowest BCUT2D eigenvalue weighted by atomic mass is 10.2. The maximum absolute atomic E-state index is 9.16. The first kappa shape index (κ1) is 10.8. The molecule has 68 valence electrons. The van der Waals surface area contributed by atoms with Crippen molar-refractivity contribution in [1.29, 1.82) is 0 Å². The van der Waals surface area contributed by atoms with Gasteiger partial charge >= 0.3 is 0 Å². The average molecular weight is 165 g/mol. The molecule has 0 rings (SSSR count). The molecule has 2 atom stereocenters. The van der Waals surface area contributed by atoms with E-state index in [1.54, 1.807) is 0 Å². The first-order chi connectivity index (χ1) is 4.83. The number of rotatable bonds is 4. The number of aliphatic hydroxyl groups excluding tert-OH is 2. The molecule has 5 heteroatoms. The van der Waals surface area contributed by atoms with E-state index in [1.165, 1.54) is 13.8 Å². The summed E-state index contributed by atoms with van der Waals surface area (Å²) in [5.41, 5.74) is -3.15. The topological polar surface area (TPSA) is 93.0 Å². The number of hydrogen-bond acceptors (Lipinski definition) is 5. The first-order valence-electron chi connectivity index (χ1n) is 3.29. The highest BCUT2D eigenvalue weighted by Gasteiger charge is 2.29. The van der Waals surface area contributed by atoms with E-state index < -0.39 is 24.7 Å². The zero-order valence-electron chi connectivity index (χ0n) is 6.70. The van der Waals surface area contributed by atoms with Gasteiger partial charge in [-0.15, -0.1) is 0 Å². The summed E-state index contributed by atoms with van der Waals surface area (Å²) in [6.07, 6.45) is 0. The van der Waals surface area contributed by atoms with Crippen LogP contribution in [0.3, 0.4) is 0 Å². The Balaban J connectivity index is 4.02. The minimum Gasteiger partial charge on any atom is -0.392 e. The van der Waals surface area contributed by atoms with Gasteiger partial charge in [-0.3, -0.25) is 5.32 Å². The molecule has 0 saturated carbocycles. The van der Waals surface area contributed by atoms with Gasteiger partial charge in [0, 0.05) is 0 Å². The third-order valence-corrected chi connectivity index (χ3v) is 1.15. The van der Waals surface area contributed by atoms with Gasteiger partial charge in [-0.1, -0.05) is 0 Å². The van der Waals surface area contributed by atoms with Crippen molar-refractivity contribution in [2.75, 3.05) is 13.2 Å². The largest absolute Gasteiger partial charge is 0.392 e. The molecule has 2 unspecified atom stereocenters. The van der Waals surface area contributed by atoms with Gasteiger partial charge in [-0.2, -0.15) is 0 Å². The minimum absolute atomic E-state index is 0.539. The zero-order chi connectivity index (χ0) is 9.12. The number of hydrogen-bond donors (Lipinski definition) is 5. The molecule has 0 aromatic rings. The molecule has 0 bridgehead atoms. The summed E-state index contributed by atoms with van der Waals surface area (Å²) >= 11 is 0. The van der Waals surface area contributed by atoms with Gasteiger partial charge < -0.3 is 20.4 Å². The summed E-state index contributed by atoms with van der Waals surface area (Å²) < 4.78 is 0. The highest BCUT2D eigenvalue weighted by atomic mass is 16.4. The first-order valence-corrected chi connectivity index (χ1v) is 3.29. The Kier molecular flexibility index (Phi) is 3.40. The van der Waals surface area contributed by atoms with E-state index in [0.29, 0.717) is 0 Å².